The molecule has 0 fully saturated rings. The van der Waals surface area contributed by atoms with Crippen LogP contribution in [0.4, 0.5) is 0 Å². The highest BCUT2D eigenvalue weighted by molar-refractivity contribution is 9.11. The molecule has 0 aliphatic carbocycles. The van der Waals surface area contributed by atoms with Gasteiger partial charge in [0.05, 0.1) is 5.56 Å². The minimum Gasteiger partial charge on any atom is -0.478 e. The van der Waals surface area contributed by atoms with Crippen molar-refractivity contribution in [3.63, 3.8) is 0 Å². The van der Waals surface area contributed by atoms with Gasteiger partial charge in [0.1, 0.15) is 0 Å². The average molecular weight is 294 g/mol. The molecule has 0 saturated carbocycles. The molecule has 1 aromatic carbocycles. The van der Waals surface area contributed by atoms with E-state index in [2.05, 4.69) is 31.9 Å². The Labute approximate surface area is 86.9 Å². The van der Waals surface area contributed by atoms with Crippen LogP contribution in [0.25, 0.3) is 0 Å². The number of benzene rings is 1. The number of hydrogen-bond acceptors (Lipinski definition) is 1. The fourth-order valence-electron chi connectivity index (χ4n) is 0.881. The number of aryl methyl sites for hydroxylation is 1. The molecule has 2 nitrogen and oxygen atoms in total. The molecule has 0 aromatic heterocycles. The third kappa shape index (κ3) is 1.87. The van der Waals surface area contributed by atoms with Gasteiger partial charge in [-0.1, -0.05) is 15.9 Å². The lowest BCUT2D eigenvalue weighted by Gasteiger charge is -2.03. The molecule has 0 heterocycles. The zero-order valence-electron chi connectivity index (χ0n) is 6.27. The molecule has 0 aliphatic heterocycles. The van der Waals surface area contributed by atoms with Gasteiger partial charge in [-0.3, -0.25) is 0 Å². The Morgan fingerprint density at radius 1 is 1.42 bits per heavy atom. The standard InChI is InChI=1S/C8H6Br2O2/c1-4-2-5(9)3-6(7(4)10)8(11)12/h2-3H,1H3,(H,11,12). The van der Waals surface area contributed by atoms with Crippen LogP contribution in [-0.4, -0.2) is 11.1 Å². The molecule has 0 aliphatic rings. The van der Waals surface area contributed by atoms with Crippen molar-refractivity contribution in [2.45, 2.75) is 6.92 Å². The quantitative estimate of drug-likeness (QED) is 0.863. The van der Waals surface area contributed by atoms with Crippen LogP contribution in [0, 0.1) is 6.92 Å². The van der Waals surface area contributed by atoms with E-state index in [9.17, 15) is 4.79 Å². The third-order valence-electron chi connectivity index (χ3n) is 1.45. The summed E-state index contributed by atoms with van der Waals surface area (Å²) in [5.74, 6) is -0.925. The van der Waals surface area contributed by atoms with Crippen molar-refractivity contribution in [2.24, 2.45) is 0 Å². The van der Waals surface area contributed by atoms with E-state index in [1.165, 1.54) is 0 Å². The van der Waals surface area contributed by atoms with Crippen molar-refractivity contribution in [3.05, 3.63) is 32.2 Å². The number of aromatic carboxylic acids is 1. The van der Waals surface area contributed by atoms with Gasteiger partial charge in [0, 0.05) is 8.95 Å². The first-order chi connectivity index (χ1) is 5.52. The molecule has 0 amide bonds. The Morgan fingerprint density at radius 3 is 2.50 bits per heavy atom. The van der Waals surface area contributed by atoms with Gasteiger partial charge in [-0.2, -0.15) is 0 Å². The third-order valence-corrected chi connectivity index (χ3v) is 2.96. The first kappa shape index (κ1) is 9.74. The Balaban J connectivity index is 3.37. The summed E-state index contributed by atoms with van der Waals surface area (Å²) in [6.07, 6.45) is 0. The molecule has 0 spiro atoms. The summed E-state index contributed by atoms with van der Waals surface area (Å²) in [5, 5.41) is 8.76. The zero-order chi connectivity index (χ0) is 9.30. The molecule has 0 radical (unpaired) electrons. The molecule has 0 atom stereocenters. The summed E-state index contributed by atoms with van der Waals surface area (Å²) >= 11 is 6.44. The van der Waals surface area contributed by atoms with Crippen LogP contribution in [-0.2, 0) is 0 Å². The van der Waals surface area contributed by atoms with Crippen LogP contribution < -0.4 is 0 Å². The Bertz CT molecular complexity index is 334. The summed E-state index contributed by atoms with van der Waals surface area (Å²) in [6, 6.07) is 3.43. The molecule has 0 unspecified atom stereocenters. The molecule has 12 heavy (non-hydrogen) atoms. The molecule has 4 heteroatoms. The fraction of sp³-hybridized carbons (Fsp3) is 0.125. The second kappa shape index (κ2) is 3.58. The zero-order valence-corrected chi connectivity index (χ0v) is 9.44. The van der Waals surface area contributed by atoms with Crippen molar-refractivity contribution >= 4 is 37.8 Å². The molecule has 0 bridgehead atoms. The average Bonchev–Trinajstić information content (AvgIpc) is 1.96. The lowest BCUT2D eigenvalue weighted by molar-refractivity contribution is 0.0695. The second-order valence-corrected chi connectivity index (χ2v) is 4.10. The van der Waals surface area contributed by atoms with Gasteiger partial charge in [0.25, 0.3) is 0 Å². The van der Waals surface area contributed by atoms with Crippen molar-refractivity contribution in [1.82, 2.24) is 0 Å². The highest BCUT2D eigenvalue weighted by Gasteiger charge is 2.10. The van der Waals surface area contributed by atoms with Gasteiger partial charge in [-0.25, -0.2) is 4.79 Å². The largest absolute Gasteiger partial charge is 0.478 e. The van der Waals surface area contributed by atoms with Crippen LogP contribution in [0.5, 0.6) is 0 Å². The maximum Gasteiger partial charge on any atom is 0.336 e. The Morgan fingerprint density at radius 2 is 2.00 bits per heavy atom. The summed E-state index contributed by atoms with van der Waals surface area (Å²) in [6.45, 7) is 1.85. The molecule has 1 N–H and O–H groups in total. The molecule has 0 saturated heterocycles. The predicted molar refractivity (Wildman–Crippen MR) is 53.5 cm³/mol. The van der Waals surface area contributed by atoms with E-state index in [1.807, 2.05) is 13.0 Å². The lowest BCUT2D eigenvalue weighted by Crippen LogP contribution is -1.98. The first-order valence-electron chi connectivity index (χ1n) is 3.21. The number of hydrogen-bond donors (Lipinski definition) is 1. The number of halogens is 2. The Kier molecular flexibility index (Phi) is 2.90. The molecule has 1 aromatic rings. The number of carbonyl (C=O) groups is 1. The Hall–Kier alpha value is -0.350. The predicted octanol–water partition coefficient (Wildman–Crippen LogP) is 3.22. The maximum absolute atomic E-state index is 10.7. The first-order valence-corrected chi connectivity index (χ1v) is 4.80. The SMILES string of the molecule is Cc1cc(Br)cc(C(=O)O)c1Br. The van der Waals surface area contributed by atoms with E-state index >= 15 is 0 Å². The molecular formula is C8H6Br2O2. The van der Waals surface area contributed by atoms with E-state index in [0.29, 0.717) is 4.47 Å². The summed E-state index contributed by atoms with van der Waals surface area (Å²) < 4.78 is 1.42. The molecular weight excluding hydrogens is 288 g/mol. The smallest absolute Gasteiger partial charge is 0.336 e. The minimum atomic E-state index is -0.925. The van der Waals surface area contributed by atoms with Crippen LogP contribution in [0.1, 0.15) is 15.9 Å². The van der Waals surface area contributed by atoms with Gasteiger partial charge in [-0.05, 0) is 40.5 Å². The van der Waals surface area contributed by atoms with Gasteiger partial charge in [-0.15, -0.1) is 0 Å². The number of carboxylic acid groups (broad SMARTS) is 1. The highest BCUT2D eigenvalue weighted by atomic mass is 79.9. The fourth-order valence-corrected chi connectivity index (χ4v) is 1.85. The molecule has 64 valence electrons. The van der Waals surface area contributed by atoms with E-state index in [1.54, 1.807) is 6.07 Å². The van der Waals surface area contributed by atoms with Crippen LogP contribution in [0.2, 0.25) is 0 Å². The van der Waals surface area contributed by atoms with Crippen molar-refractivity contribution in [3.8, 4) is 0 Å². The van der Waals surface area contributed by atoms with Crippen molar-refractivity contribution in [2.75, 3.05) is 0 Å². The minimum absolute atomic E-state index is 0.280. The maximum atomic E-state index is 10.7. The molecule has 1 rings (SSSR count). The van der Waals surface area contributed by atoms with Crippen LogP contribution in [0.3, 0.4) is 0 Å². The van der Waals surface area contributed by atoms with Gasteiger partial charge < -0.3 is 5.11 Å². The normalized spacial score (nSPS) is 9.92. The van der Waals surface area contributed by atoms with Gasteiger partial charge in [0.15, 0.2) is 0 Å². The second-order valence-electron chi connectivity index (χ2n) is 2.39. The van der Waals surface area contributed by atoms with E-state index in [-0.39, 0.29) is 5.56 Å². The highest BCUT2D eigenvalue weighted by Crippen LogP contribution is 2.25. The van der Waals surface area contributed by atoms with Gasteiger partial charge in [0.2, 0.25) is 0 Å². The summed E-state index contributed by atoms with van der Waals surface area (Å²) in [4.78, 5) is 10.7. The van der Waals surface area contributed by atoms with Crippen molar-refractivity contribution in [1.29, 1.82) is 0 Å². The number of rotatable bonds is 1. The van der Waals surface area contributed by atoms with Crippen LogP contribution in [0.15, 0.2) is 21.1 Å². The summed E-state index contributed by atoms with van der Waals surface area (Å²) in [7, 11) is 0. The summed E-state index contributed by atoms with van der Waals surface area (Å²) in [5.41, 5.74) is 1.18. The number of carboxylic acids is 1. The van der Waals surface area contributed by atoms with E-state index in [4.69, 9.17) is 5.11 Å². The van der Waals surface area contributed by atoms with Crippen molar-refractivity contribution < 1.29 is 9.90 Å². The van der Waals surface area contributed by atoms with Gasteiger partial charge >= 0.3 is 5.97 Å². The van der Waals surface area contributed by atoms with E-state index in [0.717, 1.165) is 10.0 Å². The van der Waals surface area contributed by atoms with E-state index < -0.39 is 5.97 Å². The monoisotopic (exact) mass is 292 g/mol. The lowest BCUT2D eigenvalue weighted by atomic mass is 10.1. The topological polar surface area (TPSA) is 37.3 Å². The van der Waals surface area contributed by atoms with Crippen LogP contribution >= 0.6 is 31.9 Å².